The van der Waals surface area contributed by atoms with Crippen LogP contribution in [-0.4, -0.2) is 27.1 Å². The number of rotatable bonds is 3. The van der Waals surface area contributed by atoms with E-state index in [0.29, 0.717) is 0 Å². The number of aromatic nitrogens is 1. The molecule has 0 fully saturated rings. The number of hydrogen-bond donors (Lipinski definition) is 4. The lowest BCUT2D eigenvalue weighted by Gasteiger charge is -2.07. The molecule has 0 spiro atoms. The molecular formula is C13H9ClN2O5. The van der Waals surface area contributed by atoms with E-state index in [1.54, 1.807) is 0 Å². The van der Waals surface area contributed by atoms with Crippen LogP contribution in [0.3, 0.4) is 0 Å². The number of pyridine rings is 1. The van der Waals surface area contributed by atoms with Gasteiger partial charge in [-0.1, -0.05) is 11.6 Å². The van der Waals surface area contributed by atoms with Gasteiger partial charge in [-0.15, -0.1) is 0 Å². The summed E-state index contributed by atoms with van der Waals surface area (Å²) in [5.41, 5.74) is -0.651. The molecule has 21 heavy (non-hydrogen) atoms. The Morgan fingerprint density at radius 3 is 2.43 bits per heavy atom. The third-order valence-electron chi connectivity index (χ3n) is 2.49. The lowest BCUT2D eigenvalue weighted by molar-refractivity contribution is 0.0696. The number of amides is 1. The minimum absolute atomic E-state index is 0.0758. The predicted octanol–water partition coefficient (Wildman–Crippen LogP) is 1.68. The first-order valence-electron chi connectivity index (χ1n) is 5.64. The number of H-pyrrole nitrogens is 1. The fourth-order valence-corrected chi connectivity index (χ4v) is 1.88. The SMILES string of the molecule is O=C(O)c1cc(Cl)cc(NC(=O)c2cc(O)[nH]c(=O)c2)c1. The minimum atomic E-state index is -1.19. The number of hydrogen-bond acceptors (Lipinski definition) is 4. The molecule has 8 heteroatoms. The summed E-state index contributed by atoms with van der Waals surface area (Å²) >= 11 is 5.76. The summed E-state index contributed by atoms with van der Waals surface area (Å²) in [7, 11) is 0. The Balaban J connectivity index is 2.31. The number of aromatic amines is 1. The first kappa shape index (κ1) is 14.6. The predicted molar refractivity (Wildman–Crippen MR) is 75.1 cm³/mol. The first-order chi connectivity index (χ1) is 9.85. The van der Waals surface area contributed by atoms with Gasteiger partial charge in [0, 0.05) is 22.8 Å². The number of carboxylic acids is 1. The van der Waals surface area contributed by atoms with Crippen molar-refractivity contribution < 1.29 is 19.8 Å². The Bertz CT molecular complexity index is 784. The van der Waals surface area contributed by atoms with Crippen molar-refractivity contribution >= 4 is 29.2 Å². The van der Waals surface area contributed by atoms with Crippen LogP contribution in [0.2, 0.25) is 5.02 Å². The summed E-state index contributed by atoms with van der Waals surface area (Å²) in [4.78, 5) is 36.1. The largest absolute Gasteiger partial charge is 0.494 e. The normalized spacial score (nSPS) is 10.1. The first-order valence-corrected chi connectivity index (χ1v) is 6.01. The molecule has 2 rings (SSSR count). The molecule has 0 radical (unpaired) electrons. The van der Waals surface area contributed by atoms with E-state index in [0.717, 1.165) is 12.1 Å². The van der Waals surface area contributed by atoms with Crippen LogP contribution in [0.4, 0.5) is 5.69 Å². The molecule has 0 aliphatic carbocycles. The molecule has 0 unspecified atom stereocenters. The zero-order valence-corrected chi connectivity index (χ0v) is 11.1. The number of carboxylic acid groups (broad SMARTS) is 1. The molecule has 0 bridgehead atoms. The second-order valence-corrected chi connectivity index (χ2v) is 4.54. The highest BCUT2D eigenvalue weighted by atomic mass is 35.5. The monoisotopic (exact) mass is 308 g/mol. The van der Waals surface area contributed by atoms with Crippen molar-refractivity contribution in [3.05, 3.63) is 56.8 Å². The summed E-state index contributed by atoms with van der Waals surface area (Å²) in [6, 6.07) is 5.88. The van der Waals surface area contributed by atoms with E-state index in [2.05, 4.69) is 10.3 Å². The van der Waals surface area contributed by atoms with Gasteiger partial charge in [-0.2, -0.15) is 0 Å². The van der Waals surface area contributed by atoms with Crippen LogP contribution < -0.4 is 10.9 Å². The zero-order valence-electron chi connectivity index (χ0n) is 10.4. The van der Waals surface area contributed by atoms with Crippen LogP contribution in [0.15, 0.2) is 35.1 Å². The van der Waals surface area contributed by atoms with Crippen LogP contribution in [-0.2, 0) is 0 Å². The van der Waals surface area contributed by atoms with Gasteiger partial charge >= 0.3 is 5.97 Å². The second-order valence-electron chi connectivity index (χ2n) is 4.11. The van der Waals surface area contributed by atoms with Gasteiger partial charge in [-0.05, 0) is 18.2 Å². The minimum Gasteiger partial charge on any atom is -0.494 e. The van der Waals surface area contributed by atoms with Crippen molar-refractivity contribution in [3.63, 3.8) is 0 Å². The molecule has 0 saturated carbocycles. The maximum Gasteiger partial charge on any atom is 0.335 e. The highest BCUT2D eigenvalue weighted by Gasteiger charge is 2.11. The van der Waals surface area contributed by atoms with Gasteiger partial charge in [0.25, 0.3) is 11.5 Å². The fraction of sp³-hybridized carbons (Fsp3) is 0. The number of aromatic hydroxyl groups is 1. The van der Waals surface area contributed by atoms with E-state index < -0.39 is 23.3 Å². The summed E-state index contributed by atoms with van der Waals surface area (Å²) in [5.74, 6) is -2.33. The van der Waals surface area contributed by atoms with Crippen LogP contribution in [0, 0.1) is 0 Å². The van der Waals surface area contributed by atoms with Gasteiger partial charge in [-0.3, -0.25) is 14.6 Å². The quantitative estimate of drug-likeness (QED) is 0.687. The van der Waals surface area contributed by atoms with E-state index in [1.165, 1.54) is 18.2 Å². The third kappa shape index (κ3) is 3.61. The third-order valence-corrected chi connectivity index (χ3v) is 2.71. The van der Waals surface area contributed by atoms with E-state index in [4.69, 9.17) is 16.7 Å². The topological polar surface area (TPSA) is 119 Å². The van der Waals surface area contributed by atoms with Crippen molar-refractivity contribution in [1.29, 1.82) is 0 Å². The van der Waals surface area contributed by atoms with Crippen molar-refractivity contribution in [2.24, 2.45) is 0 Å². The number of carbonyl (C=O) groups excluding carboxylic acids is 1. The highest BCUT2D eigenvalue weighted by Crippen LogP contribution is 2.20. The molecule has 1 aromatic heterocycles. The summed E-state index contributed by atoms with van der Waals surface area (Å²) < 4.78 is 0. The van der Waals surface area contributed by atoms with Gasteiger partial charge in [0.05, 0.1) is 11.1 Å². The zero-order chi connectivity index (χ0) is 15.6. The number of benzene rings is 1. The van der Waals surface area contributed by atoms with Crippen molar-refractivity contribution in [3.8, 4) is 5.88 Å². The van der Waals surface area contributed by atoms with E-state index >= 15 is 0 Å². The van der Waals surface area contributed by atoms with Crippen LogP contribution in [0.25, 0.3) is 0 Å². The smallest absolute Gasteiger partial charge is 0.335 e. The van der Waals surface area contributed by atoms with Crippen molar-refractivity contribution in [1.82, 2.24) is 4.98 Å². The highest BCUT2D eigenvalue weighted by molar-refractivity contribution is 6.31. The molecule has 1 aromatic carbocycles. The lowest BCUT2D eigenvalue weighted by atomic mass is 10.2. The summed E-state index contributed by atoms with van der Waals surface area (Å²) in [6.07, 6.45) is 0. The Hall–Kier alpha value is -2.80. The maximum absolute atomic E-state index is 11.9. The average Bonchev–Trinajstić information content (AvgIpc) is 2.36. The van der Waals surface area contributed by atoms with Crippen LogP contribution in [0.1, 0.15) is 20.7 Å². The molecule has 0 saturated heterocycles. The molecule has 1 amide bonds. The molecule has 7 nitrogen and oxygen atoms in total. The van der Waals surface area contributed by atoms with Crippen molar-refractivity contribution in [2.75, 3.05) is 5.32 Å². The Morgan fingerprint density at radius 1 is 1.10 bits per heavy atom. The molecule has 108 valence electrons. The number of carbonyl (C=O) groups is 2. The average molecular weight is 309 g/mol. The molecule has 0 atom stereocenters. The van der Waals surface area contributed by atoms with Crippen molar-refractivity contribution in [2.45, 2.75) is 0 Å². The van der Waals surface area contributed by atoms with E-state index in [9.17, 15) is 19.5 Å². The van der Waals surface area contributed by atoms with Gasteiger partial charge in [0.2, 0.25) is 0 Å². The molecule has 0 aliphatic heterocycles. The second kappa shape index (κ2) is 5.68. The van der Waals surface area contributed by atoms with Crippen LogP contribution in [0.5, 0.6) is 5.88 Å². The molecule has 1 heterocycles. The number of aromatic carboxylic acids is 1. The number of nitrogens with one attached hydrogen (secondary N) is 2. The lowest BCUT2D eigenvalue weighted by Crippen LogP contribution is -2.16. The molecule has 0 aliphatic rings. The molecule has 4 N–H and O–H groups in total. The van der Waals surface area contributed by atoms with E-state index in [1.807, 2.05) is 0 Å². The Labute approximate surface area is 122 Å². The summed E-state index contributed by atoms with van der Waals surface area (Å²) in [6.45, 7) is 0. The fourth-order valence-electron chi connectivity index (χ4n) is 1.65. The summed E-state index contributed by atoms with van der Waals surface area (Å²) in [5, 5.41) is 20.7. The standard InChI is InChI=1S/C13H9ClN2O5/c14-8-1-7(13(20)21)2-9(5-8)15-12(19)6-3-10(17)16-11(18)4-6/h1-5H,(H,15,19)(H,20,21)(H2,16,17,18). The number of halogens is 1. The van der Waals surface area contributed by atoms with Gasteiger partial charge < -0.3 is 15.5 Å². The maximum atomic E-state index is 11.9. The van der Waals surface area contributed by atoms with Gasteiger partial charge in [-0.25, -0.2) is 4.79 Å². The van der Waals surface area contributed by atoms with Gasteiger partial charge in [0.15, 0.2) is 5.88 Å². The molecular weight excluding hydrogens is 300 g/mol. The Kier molecular flexibility index (Phi) is 3.95. The van der Waals surface area contributed by atoms with Gasteiger partial charge in [0.1, 0.15) is 0 Å². The molecule has 2 aromatic rings. The number of anilines is 1. The Morgan fingerprint density at radius 2 is 1.81 bits per heavy atom. The van der Waals surface area contributed by atoms with Crippen LogP contribution >= 0.6 is 11.6 Å². The van der Waals surface area contributed by atoms with E-state index in [-0.39, 0.29) is 21.8 Å².